The molecule has 0 spiro atoms. The van der Waals surface area contributed by atoms with Gasteiger partial charge in [-0.1, -0.05) is 37.8 Å². The van der Waals surface area contributed by atoms with Crippen LogP contribution in [0, 0.1) is 11.8 Å². The zero-order chi connectivity index (χ0) is 23.1. The van der Waals surface area contributed by atoms with Crippen molar-refractivity contribution in [3.05, 3.63) is 24.3 Å². The molecule has 1 aromatic carbocycles. The fourth-order valence-electron chi connectivity index (χ4n) is 4.68. The summed E-state index contributed by atoms with van der Waals surface area (Å²) >= 11 is 0. The van der Waals surface area contributed by atoms with Crippen molar-refractivity contribution in [1.82, 2.24) is 5.32 Å². The first-order chi connectivity index (χ1) is 15.3. The SMILES string of the molecule is N[C@@]1([C@@H](CCCCCC2CCNCC2)C(=O)O)CC(=O)N(CC(=O)O)c2ccccc2O1. The third-order valence-electron chi connectivity index (χ3n) is 6.43. The number of para-hydroxylation sites is 2. The lowest BCUT2D eigenvalue weighted by Gasteiger charge is -2.33. The molecule has 2 atom stereocenters. The van der Waals surface area contributed by atoms with Crippen LogP contribution in [-0.2, 0) is 14.4 Å². The highest BCUT2D eigenvalue weighted by molar-refractivity contribution is 6.00. The van der Waals surface area contributed by atoms with Crippen molar-refractivity contribution in [2.75, 3.05) is 24.5 Å². The summed E-state index contributed by atoms with van der Waals surface area (Å²) < 4.78 is 5.94. The van der Waals surface area contributed by atoms with Gasteiger partial charge < -0.3 is 20.3 Å². The van der Waals surface area contributed by atoms with Crippen molar-refractivity contribution in [2.24, 2.45) is 17.6 Å². The lowest BCUT2D eigenvalue weighted by molar-refractivity contribution is -0.152. The zero-order valence-electron chi connectivity index (χ0n) is 18.3. The fourth-order valence-corrected chi connectivity index (χ4v) is 4.68. The molecule has 0 radical (unpaired) electrons. The normalized spacial score (nSPS) is 22.5. The third-order valence-corrected chi connectivity index (χ3v) is 6.43. The number of piperidine rings is 1. The highest BCUT2D eigenvalue weighted by Crippen LogP contribution is 2.38. The molecule has 1 aromatic rings. The van der Waals surface area contributed by atoms with Crippen molar-refractivity contribution in [2.45, 2.75) is 57.1 Å². The lowest BCUT2D eigenvalue weighted by atomic mass is 9.86. The van der Waals surface area contributed by atoms with Crippen LogP contribution in [0.5, 0.6) is 5.75 Å². The fraction of sp³-hybridized carbons (Fsp3) is 0.609. The standard InChI is InChI=1S/C23H33N3O6/c24-23(17(22(30)31)7-3-1-2-6-16-10-12-25-13-11-16)14-20(27)26(15-21(28)29)18-8-4-5-9-19(18)32-23/h4-5,8-9,16-17,25H,1-3,6-7,10-15,24H2,(H,28,29)(H,30,31)/t17-,23-/m0/s1. The maximum absolute atomic E-state index is 12.9. The third kappa shape index (κ3) is 5.98. The highest BCUT2D eigenvalue weighted by atomic mass is 16.5. The van der Waals surface area contributed by atoms with E-state index in [1.807, 2.05) is 0 Å². The van der Waals surface area contributed by atoms with Gasteiger partial charge in [-0.05, 0) is 50.4 Å². The Morgan fingerprint density at radius 2 is 1.91 bits per heavy atom. The second-order valence-corrected chi connectivity index (χ2v) is 8.80. The molecular formula is C23H33N3O6. The van der Waals surface area contributed by atoms with Crippen LogP contribution in [0.1, 0.15) is 51.4 Å². The summed E-state index contributed by atoms with van der Waals surface area (Å²) in [4.78, 5) is 37.4. The monoisotopic (exact) mass is 447 g/mol. The van der Waals surface area contributed by atoms with Crippen LogP contribution in [0.15, 0.2) is 24.3 Å². The highest BCUT2D eigenvalue weighted by Gasteiger charge is 2.47. The number of fused-ring (bicyclic) bond motifs is 1. The van der Waals surface area contributed by atoms with Gasteiger partial charge in [-0.3, -0.25) is 25.0 Å². The van der Waals surface area contributed by atoms with Crippen molar-refractivity contribution in [3.63, 3.8) is 0 Å². The maximum atomic E-state index is 12.9. The second-order valence-electron chi connectivity index (χ2n) is 8.80. The number of carbonyl (C=O) groups excluding carboxylic acids is 1. The Morgan fingerprint density at radius 1 is 1.19 bits per heavy atom. The second kappa shape index (κ2) is 10.8. The number of unbranched alkanes of at least 4 members (excludes halogenated alkanes) is 2. The number of nitrogens with one attached hydrogen (secondary N) is 1. The van der Waals surface area contributed by atoms with Gasteiger partial charge in [0.25, 0.3) is 0 Å². The zero-order valence-corrected chi connectivity index (χ0v) is 18.3. The molecule has 5 N–H and O–H groups in total. The Morgan fingerprint density at radius 3 is 2.59 bits per heavy atom. The molecule has 176 valence electrons. The summed E-state index contributed by atoms with van der Waals surface area (Å²) in [6.07, 6.45) is 5.97. The molecule has 2 aliphatic heterocycles. The number of hydrogen-bond acceptors (Lipinski definition) is 6. The Balaban J connectivity index is 1.67. The van der Waals surface area contributed by atoms with Gasteiger partial charge in [0.1, 0.15) is 18.2 Å². The molecule has 1 amide bonds. The van der Waals surface area contributed by atoms with E-state index in [2.05, 4.69) is 5.32 Å². The molecular weight excluding hydrogens is 414 g/mol. The smallest absolute Gasteiger partial charge is 0.323 e. The van der Waals surface area contributed by atoms with Gasteiger partial charge in [-0.2, -0.15) is 0 Å². The van der Waals surface area contributed by atoms with E-state index in [1.54, 1.807) is 24.3 Å². The Bertz CT molecular complexity index is 826. The lowest BCUT2D eigenvalue weighted by Crippen LogP contribution is -2.57. The van der Waals surface area contributed by atoms with Crippen molar-refractivity contribution in [3.8, 4) is 5.75 Å². The average Bonchev–Trinajstić information content (AvgIpc) is 2.85. The first kappa shape index (κ1) is 24.0. The van der Waals surface area contributed by atoms with Crippen LogP contribution in [0.25, 0.3) is 0 Å². The minimum absolute atomic E-state index is 0.208. The van der Waals surface area contributed by atoms with E-state index >= 15 is 0 Å². The Hall–Kier alpha value is -2.65. The number of carboxylic acid groups (broad SMARTS) is 2. The van der Waals surface area contributed by atoms with E-state index in [0.29, 0.717) is 6.42 Å². The van der Waals surface area contributed by atoms with Gasteiger partial charge in [0.15, 0.2) is 5.72 Å². The van der Waals surface area contributed by atoms with Gasteiger partial charge >= 0.3 is 11.9 Å². The summed E-state index contributed by atoms with van der Waals surface area (Å²) in [5, 5.41) is 22.5. The number of carbonyl (C=O) groups is 3. The molecule has 2 heterocycles. The maximum Gasteiger partial charge on any atom is 0.323 e. The molecule has 9 nitrogen and oxygen atoms in total. The van der Waals surface area contributed by atoms with Gasteiger partial charge in [-0.15, -0.1) is 0 Å². The van der Waals surface area contributed by atoms with Crippen LogP contribution in [0.2, 0.25) is 0 Å². The van der Waals surface area contributed by atoms with E-state index in [9.17, 15) is 24.6 Å². The largest absolute Gasteiger partial charge is 0.481 e. The number of nitrogens with two attached hydrogens (primary N) is 1. The van der Waals surface area contributed by atoms with Gasteiger partial charge in [-0.25, -0.2) is 0 Å². The first-order valence-corrected chi connectivity index (χ1v) is 11.3. The van der Waals surface area contributed by atoms with Crippen molar-refractivity contribution in [1.29, 1.82) is 0 Å². The summed E-state index contributed by atoms with van der Waals surface area (Å²) in [7, 11) is 0. The number of benzene rings is 1. The number of carboxylic acids is 2. The molecule has 2 aliphatic rings. The quantitative estimate of drug-likeness (QED) is 0.400. The molecule has 0 aliphatic carbocycles. The molecule has 0 unspecified atom stereocenters. The number of aliphatic carboxylic acids is 2. The van der Waals surface area contributed by atoms with Crippen molar-refractivity contribution < 1.29 is 29.3 Å². The molecule has 9 heteroatoms. The Labute approximate surface area is 187 Å². The van der Waals surface area contributed by atoms with E-state index in [-0.39, 0.29) is 17.9 Å². The molecule has 1 saturated heterocycles. The van der Waals surface area contributed by atoms with Crippen LogP contribution in [0.3, 0.4) is 0 Å². The molecule has 0 saturated carbocycles. The summed E-state index contributed by atoms with van der Waals surface area (Å²) in [5.41, 5.74) is 4.94. The molecule has 3 rings (SSSR count). The van der Waals surface area contributed by atoms with Crippen LogP contribution < -0.4 is 20.7 Å². The first-order valence-electron chi connectivity index (χ1n) is 11.3. The number of anilines is 1. The predicted molar refractivity (Wildman–Crippen MR) is 118 cm³/mol. The molecule has 32 heavy (non-hydrogen) atoms. The van der Waals surface area contributed by atoms with E-state index in [0.717, 1.165) is 43.2 Å². The summed E-state index contributed by atoms with van der Waals surface area (Å²) in [6, 6.07) is 6.47. The van der Waals surface area contributed by atoms with Crippen LogP contribution >= 0.6 is 0 Å². The number of hydrogen-bond donors (Lipinski definition) is 4. The molecule has 1 fully saturated rings. The van der Waals surface area contributed by atoms with Gasteiger partial charge in [0, 0.05) is 0 Å². The Kier molecular flexibility index (Phi) is 8.09. The minimum atomic E-state index is -1.76. The molecule has 0 aromatic heterocycles. The minimum Gasteiger partial charge on any atom is -0.481 e. The van der Waals surface area contributed by atoms with Gasteiger partial charge in [0.05, 0.1) is 12.1 Å². The van der Waals surface area contributed by atoms with Gasteiger partial charge in [0.2, 0.25) is 5.91 Å². The topological polar surface area (TPSA) is 142 Å². The number of amides is 1. The van der Waals surface area contributed by atoms with E-state index in [1.165, 1.54) is 12.8 Å². The summed E-state index contributed by atoms with van der Waals surface area (Å²) in [5.74, 6) is -3.03. The summed E-state index contributed by atoms with van der Waals surface area (Å²) in [6.45, 7) is 1.57. The van der Waals surface area contributed by atoms with E-state index in [4.69, 9.17) is 10.5 Å². The van der Waals surface area contributed by atoms with Crippen LogP contribution in [-0.4, -0.2) is 53.4 Å². The van der Waals surface area contributed by atoms with Crippen molar-refractivity contribution >= 4 is 23.5 Å². The molecule has 0 bridgehead atoms. The number of rotatable bonds is 10. The predicted octanol–water partition coefficient (Wildman–Crippen LogP) is 2.19. The number of nitrogens with zero attached hydrogens (tertiary/aromatic N) is 1. The van der Waals surface area contributed by atoms with Crippen LogP contribution in [0.4, 0.5) is 5.69 Å². The number of ether oxygens (including phenoxy) is 1. The average molecular weight is 448 g/mol. The van der Waals surface area contributed by atoms with E-state index < -0.39 is 42.5 Å².